The fraction of sp³-hybridized carbons (Fsp3) is 0.250. The fourth-order valence-corrected chi connectivity index (χ4v) is 0.456. The van der Waals surface area contributed by atoms with Crippen molar-refractivity contribution in [2.45, 2.75) is 12.5 Å². The summed E-state index contributed by atoms with van der Waals surface area (Å²) < 4.78 is 0. The minimum atomic E-state index is -0.402. The van der Waals surface area contributed by atoms with Gasteiger partial charge in [-0.15, -0.1) is 6.58 Å². The molecule has 0 rings (SSSR count). The van der Waals surface area contributed by atoms with E-state index < -0.39 is 6.10 Å². The van der Waals surface area contributed by atoms with Crippen molar-refractivity contribution in [3.05, 3.63) is 37.5 Å². The van der Waals surface area contributed by atoms with E-state index in [4.69, 9.17) is 5.11 Å². The zero-order valence-corrected chi connectivity index (χ0v) is 5.46. The van der Waals surface area contributed by atoms with Crippen LogP contribution >= 0.6 is 0 Å². The van der Waals surface area contributed by atoms with Crippen LogP contribution in [0.4, 0.5) is 0 Å². The molecule has 0 amide bonds. The van der Waals surface area contributed by atoms with Gasteiger partial charge in [-0.1, -0.05) is 30.9 Å². The molecule has 0 saturated heterocycles. The predicted molar refractivity (Wildman–Crippen MR) is 40.2 cm³/mol. The highest BCUT2D eigenvalue weighted by Gasteiger charge is 1.90. The predicted octanol–water partition coefficient (Wildman–Crippen LogP) is 1.67. The van der Waals surface area contributed by atoms with Crippen LogP contribution in [-0.2, 0) is 0 Å². The quantitative estimate of drug-likeness (QED) is 0.446. The van der Waals surface area contributed by atoms with E-state index in [1.54, 1.807) is 24.3 Å². The van der Waals surface area contributed by atoms with Crippen molar-refractivity contribution in [2.24, 2.45) is 0 Å². The van der Waals surface area contributed by atoms with Crippen LogP contribution in [0.5, 0.6) is 0 Å². The molecular weight excluding hydrogens is 112 g/mol. The van der Waals surface area contributed by atoms with E-state index in [0.29, 0.717) is 6.42 Å². The average Bonchev–Trinajstić information content (AvgIpc) is 1.85. The minimum absolute atomic E-state index is 0.402. The van der Waals surface area contributed by atoms with E-state index in [1.165, 1.54) is 0 Å². The van der Waals surface area contributed by atoms with Gasteiger partial charge in [0.25, 0.3) is 0 Å². The lowest BCUT2D eigenvalue weighted by Crippen LogP contribution is -1.97. The highest BCUT2D eigenvalue weighted by Crippen LogP contribution is 1.92. The first kappa shape index (κ1) is 8.18. The Morgan fingerprint density at radius 1 is 1.44 bits per heavy atom. The van der Waals surface area contributed by atoms with Crippen LogP contribution in [0.2, 0.25) is 0 Å². The maximum absolute atomic E-state index is 8.97. The van der Waals surface area contributed by atoms with E-state index in [9.17, 15) is 0 Å². The maximum Gasteiger partial charge on any atom is 0.0758 e. The zero-order valence-electron chi connectivity index (χ0n) is 5.46. The summed E-state index contributed by atoms with van der Waals surface area (Å²) in [5.41, 5.74) is 0. The number of hydrogen-bond acceptors (Lipinski definition) is 1. The first-order valence-corrected chi connectivity index (χ1v) is 2.89. The standard InChI is InChI=1S/C8H12O/c1-3-5-7-8(9)6-4-2/h3-5,7-9H,1-2,6H2. The molecule has 0 radical (unpaired) electrons. The molecule has 0 aromatic carbocycles. The summed E-state index contributed by atoms with van der Waals surface area (Å²) in [5, 5.41) is 8.97. The highest BCUT2D eigenvalue weighted by atomic mass is 16.3. The monoisotopic (exact) mass is 124 g/mol. The molecule has 0 aliphatic rings. The molecule has 0 aromatic heterocycles. The second-order valence-electron chi connectivity index (χ2n) is 1.71. The van der Waals surface area contributed by atoms with Gasteiger partial charge in [-0.3, -0.25) is 0 Å². The van der Waals surface area contributed by atoms with Crippen molar-refractivity contribution < 1.29 is 5.11 Å². The number of aliphatic hydroxyl groups is 1. The number of rotatable bonds is 4. The molecule has 0 aliphatic carbocycles. The molecule has 0 bridgehead atoms. The Morgan fingerprint density at radius 3 is 2.56 bits per heavy atom. The maximum atomic E-state index is 8.97. The molecule has 1 atom stereocenters. The Kier molecular flexibility index (Phi) is 4.83. The molecule has 50 valence electrons. The average molecular weight is 124 g/mol. The summed E-state index contributed by atoms with van der Waals surface area (Å²) in [6.07, 6.45) is 6.90. The van der Waals surface area contributed by atoms with Gasteiger partial charge in [0.1, 0.15) is 0 Å². The summed E-state index contributed by atoms with van der Waals surface area (Å²) in [5.74, 6) is 0. The van der Waals surface area contributed by atoms with Gasteiger partial charge in [-0.25, -0.2) is 0 Å². The molecular formula is C8H12O. The minimum Gasteiger partial charge on any atom is -0.389 e. The number of hydrogen-bond donors (Lipinski definition) is 1. The van der Waals surface area contributed by atoms with Crippen molar-refractivity contribution in [1.82, 2.24) is 0 Å². The largest absolute Gasteiger partial charge is 0.389 e. The Labute approximate surface area is 56.0 Å². The smallest absolute Gasteiger partial charge is 0.0758 e. The van der Waals surface area contributed by atoms with Crippen LogP contribution in [0.1, 0.15) is 6.42 Å². The van der Waals surface area contributed by atoms with Gasteiger partial charge in [-0.2, -0.15) is 0 Å². The fourth-order valence-electron chi connectivity index (χ4n) is 0.456. The van der Waals surface area contributed by atoms with E-state index in [1.807, 2.05) is 0 Å². The van der Waals surface area contributed by atoms with Crippen LogP contribution in [0.25, 0.3) is 0 Å². The summed E-state index contributed by atoms with van der Waals surface area (Å²) in [6, 6.07) is 0. The SMILES string of the molecule is C=CC=CC(O)CC=C. The van der Waals surface area contributed by atoms with Crippen molar-refractivity contribution in [3.63, 3.8) is 0 Å². The van der Waals surface area contributed by atoms with Crippen LogP contribution < -0.4 is 0 Å². The topological polar surface area (TPSA) is 20.2 Å². The lowest BCUT2D eigenvalue weighted by atomic mass is 10.2. The Balaban J connectivity index is 3.47. The lowest BCUT2D eigenvalue weighted by Gasteiger charge is -1.96. The molecule has 9 heavy (non-hydrogen) atoms. The number of allylic oxidation sites excluding steroid dienone is 2. The third-order valence-electron chi connectivity index (χ3n) is 0.878. The molecule has 0 aromatic rings. The summed E-state index contributed by atoms with van der Waals surface area (Å²) in [7, 11) is 0. The molecule has 0 saturated carbocycles. The van der Waals surface area contributed by atoms with Crippen molar-refractivity contribution in [3.8, 4) is 0 Å². The van der Waals surface area contributed by atoms with Crippen molar-refractivity contribution in [2.75, 3.05) is 0 Å². The van der Waals surface area contributed by atoms with Gasteiger partial charge >= 0.3 is 0 Å². The third kappa shape index (κ3) is 5.04. The van der Waals surface area contributed by atoms with Crippen molar-refractivity contribution >= 4 is 0 Å². The Bertz CT molecular complexity index is 114. The molecule has 0 fully saturated rings. The van der Waals surface area contributed by atoms with Crippen molar-refractivity contribution in [1.29, 1.82) is 0 Å². The van der Waals surface area contributed by atoms with E-state index in [2.05, 4.69) is 13.2 Å². The Morgan fingerprint density at radius 2 is 2.11 bits per heavy atom. The van der Waals surface area contributed by atoms with E-state index >= 15 is 0 Å². The van der Waals surface area contributed by atoms with Gasteiger partial charge in [-0.05, 0) is 6.42 Å². The molecule has 0 heterocycles. The summed E-state index contributed by atoms with van der Waals surface area (Å²) >= 11 is 0. The normalized spacial score (nSPS) is 13.4. The van der Waals surface area contributed by atoms with Crippen LogP contribution in [0.15, 0.2) is 37.5 Å². The van der Waals surface area contributed by atoms with Gasteiger partial charge in [0, 0.05) is 0 Å². The molecule has 1 unspecified atom stereocenters. The van der Waals surface area contributed by atoms with Gasteiger partial charge in [0.05, 0.1) is 6.10 Å². The first-order valence-electron chi connectivity index (χ1n) is 2.89. The highest BCUT2D eigenvalue weighted by molar-refractivity contribution is 5.01. The zero-order chi connectivity index (χ0) is 7.11. The van der Waals surface area contributed by atoms with Crippen LogP contribution in [0, 0.1) is 0 Å². The second-order valence-corrected chi connectivity index (χ2v) is 1.71. The second kappa shape index (κ2) is 5.32. The Hall–Kier alpha value is -0.820. The summed E-state index contributed by atoms with van der Waals surface area (Å²) in [6.45, 7) is 6.96. The molecule has 1 nitrogen and oxygen atoms in total. The van der Waals surface area contributed by atoms with Gasteiger partial charge in [0.2, 0.25) is 0 Å². The molecule has 1 N–H and O–H groups in total. The van der Waals surface area contributed by atoms with E-state index in [-0.39, 0.29) is 0 Å². The van der Waals surface area contributed by atoms with Gasteiger partial charge < -0.3 is 5.11 Å². The summed E-state index contributed by atoms with van der Waals surface area (Å²) in [4.78, 5) is 0. The third-order valence-corrected chi connectivity index (χ3v) is 0.878. The van der Waals surface area contributed by atoms with Gasteiger partial charge in [0.15, 0.2) is 0 Å². The van der Waals surface area contributed by atoms with Crippen LogP contribution in [0.3, 0.4) is 0 Å². The number of aliphatic hydroxyl groups excluding tert-OH is 1. The lowest BCUT2D eigenvalue weighted by molar-refractivity contribution is 0.227. The molecule has 1 heteroatoms. The first-order chi connectivity index (χ1) is 4.31. The molecule has 0 spiro atoms. The molecule has 0 aliphatic heterocycles. The van der Waals surface area contributed by atoms with Crippen LogP contribution in [-0.4, -0.2) is 11.2 Å². The van der Waals surface area contributed by atoms with E-state index in [0.717, 1.165) is 0 Å².